The molecule has 0 spiro atoms. The Labute approximate surface area is 136 Å². The minimum atomic E-state index is 0.608. The molecule has 0 heterocycles. The van der Waals surface area contributed by atoms with Crippen LogP contribution in [0.5, 0.6) is 0 Å². The number of hydrogen-bond donors (Lipinski definition) is 0. The molecule has 1 unspecified atom stereocenters. The van der Waals surface area contributed by atoms with Crippen molar-refractivity contribution in [2.75, 3.05) is 0 Å². The summed E-state index contributed by atoms with van der Waals surface area (Å²) in [6.07, 6.45) is 6.36. The second-order valence-electron chi connectivity index (χ2n) is 6.68. The molecule has 0 aliphatic heterocycles. The third kappa shape index (κ3) is 3.12. The molecule has 1 aliphatic carbocycles. The number of benzene rings is 1. The molecule has 1 atom stereocenters. The fourth-order valence-corrected chi connectivity index (χ4v) is 3.73. The van der Waals surface area contributed by atoms with E-state index in [2.05, 4.69) is 73.3 Å². The van der Waals surface area contributed by atoms with Gasteiger partial charge >= 0.3 is 136 Å². The van der Waals surface area contributed by atoms with Gasteiger partial charge in [-0.2, -0.15) is 0 Å². The molecule has 0 nitrogen and oxygen atoms in total. The third-order valence-corrected chi connectivity index (χ3v) is 5.45. The molecule has 0 aromatic heterocycles. The van der Waals surface area contributed by atoms with E-state index in [1.165, 1.54) is 30.4 Å². The molecule has 0 bridgehead atoms. The van der Waals surface area contributed by atoms with E-state index in [0.29, 0.717) is 16.1 Å². The molecular weight excluding hydrogens is 276 g/mol. The summed E-state index contributed by atoms with van der Waals surface area (Å²) in [6, 6.07) is 4.91. The first-order valence-corrected chi connectivity index (χ1v) is 8.95. The Morgan fingerprint density at radius 3 is 2.35 bits per heavy atom. The molecule has 1 heteroatoms. The van der Waals surface area contributed by atoms with Crippen LogP contribution in [0.4, 0.5) is 0 Å². The minimum absolute atomic E-state index is 0.608. The fraction of sp³-hybridized carbons (Fsp3) is 0.579. The van der Waals surface area contributed by atoms with Crippen molar-refractivity contribution in [2.24, 2.45) is 0 Å². The van der Waals surface area contributed by atoms with Gasteiger partial charge in [-0.15, -0.1) is 0 Å². The molecule has 107 valence electrons. The van der Waals surface area contributed by atoms with E-state index >= 15 is 0 Å². The van der Waals surface area contributed by atoms with Crippen LogP contribution in [0.3, 0.4) is 0 Å². The molecule has 1 aromatic rings. The van der Waals surface area contributed by atoms with Crippen LogP contribution in [0.2, 0.25) is 0 Å². The Balaban J connectivity index is 2.45. The predicted octanol–water partition coefficient (Wildman–Crippen LogP) is 6.11. The van der Waals surface area contributed by atoms with Gasteiger partial charge in [0.2, 0.25) is 0 Å². The van der Waals surface area contributed by atoms with Crippen molar-refractivity contribution < 1.29 is 20.4 Å². The number of hydrogen-bond acceptors (Lipinski definition) is 0. The quantitative estimate of drug-likeness (QED) is 0.576. The summed E-state index contributed by atoms with van der Waals surface area (Å²) >= 11 is 2.39. The van der Waals surface area contributed by atoms with Gasteiger partial charge in [-0.3, -0.25) is 0 Å². The van der Waals surface area contributed by atoms with E-state index < -0.39 is 0 Å². The number of allylic oxidation sites excluding steroid dienone is 1. The van der Waals surface area contributed by atoms with Gasteiger partial charge in [-0.25, -0.2) is 0 Å². The number of rotatable bonds is 5. The van der Waals surface area contributed by atoms with Crippen molar-refractivity contribution in [3.63, 3.8) is 0 Å². The van der Waals surface area contributed by atoms with Crippen LogP contribution in [0, 0.1) is 0 Å². The Morgan fingerprint density at radius 1 is 1.10 bits per heavy atom. The van der Waals surface area contributed by atoms with Crippen molar-refractivity contribution >= 4 is 6.08 Å². The van der Waals surface area contributed by atoms with Crippen molar-refractivity contribution in [1.82, 2.24) is 0 Å². The van der Waals surface area contributed by atoms with Crippen molar-refractivity contribution in [1.29, 1.82) is 0 Å². The Bertz CT molecular complexity index is 509. The van der Waals surface area contributed by atoms with Crippen LogP contribution < -0.4 is 0 Å². The summed E-state index contributed by atoms with van der Waals surface area (Å²) in [6.45, 7) is 11.5. The summed E-state index contributed by atoms with van der Waals surface area (Å²) in [5.41, 5.74) is 7.80. The van der Waals surface area contributed by atoms with Crippen LogP contribution >= 0.6 is 0 Å². The van der Waals surface area contributed by atoms with Gasteiger partial charge < -0.3 is 0 Å². The molecule has 0 amide bonds. The number of unbranched alkanes of at least 4 members (excludes halogenated alkanes) is 1. The zero-order chi connectivity index (χ0) is 14.9. The molecule has 2 rings (SSSR count). The SMILES string of the molecule is CCCCC1=Cc2c(C(C)C)cc(C(C)C)cc2[CH]1[Ti]. The Morgan fingerprint density at radius 2 is 1.80 bits per heavy atom. The Kier molecular flexibility index (Phi) is 5.32. The first-order valence-electron chi connectivity index (χ1n) is 8.05. The van der Waals surface area contributed by atoms with E-state index in [4.69, 9.17) is 0 Å². The molecular formula is C19H27Ti. The first kappa shape index (κ1) is 16.1. The van der Waals surface area contributed by atoms with Crippen LogP contribution in [0.25, 0.3) is 6.08 Å². The van der Waals surface area contributed by atoms with Gasteiger partial charge in [0.15, 0.2) is 0 Å². The van der Waals surface area contributed by atoms with Crippen molar-refractivity contribution in [2.45, 2.75) is 69.9 Å². The fourth-order valence-electron chi connectivity index (χ4n) is 3.01. The molecule has 1 aliphatic rings. The van der Waals surface area contributed by atoms with Crippen molar-refractivity contribution in [3.8, 4) is 0 Å². The van der Waals surface area contributed by atoms with Gasteiger partial charge in [0.1, 0.15) is 0 Å². The Hall–Kier alpha value is -0.326. The molecule has 20 heavy (non-hydrogen) atoms. The summed E-state index contributed by atoms with van der Waals surface area (Å²) in [5, 5.41) is 0. The van der Waals surface area contributed by atoms with E-state index in [9.17, 15) is 0 Å². The van der Waals surface area contributed by atoms with Crippen LogP contribution in [-0.4, -0.2) is 0 Å². The molecule has 0 saturated heterocycles. The van der Waals surface area contributed by atoms with Gasteiger partial charge in [-0.05, 0) is 0 Å². The van der Waals surface area contributed by atoms with Gasteiger partial charge in [0.25, 0.3) is 0 Å². The van der Waals surface area contributed by atoms with Gasteiger partial charge in [0.05, 0.1) is 0 Å². The molecule has 0 saturated carbocycles. The normalized spacial score (nSPS) is 17.7. The first-order chi connectivity index (χ1) is 9.45. The summed E-state index contributed by atoms with van der Waals surface area (Å²) in [7, 11) is 0. The molecule has 0 N–H and O–H groups in total. The predicted molar refractivity (Wildman–Crippen MR) is 84.9 cm³/mol. The maximum atomic E-state index is 2.50. The number of fused-ring (bicyclic) bond motifs is 1. The summed E-state index contributed by atoms with van der Waals surface area (Å²) in [5.74, 6) is 1.22. The van der Waals surface area contributed by atoms with Gasteiger partial charge in [-0.1, -0.05) is 0 Å². The molecule has 0 radical (unpaired) electrons. The summed E-state index contributed by atoms with van der Waals surface area (Å²) in [4.78, 5) is 0. The van der Waals surface area contributed by atoms with E-state index in [1.54, 1.807) is 16.7 Å². The molecule has 1 aromatic carbocycles. The second-order valence-corrected chi connectivity index (χ2v) is 7.58. The molecule has 0 fully saturated rings. The third-order valence-electron chi connectivity index (χ3n) is 4.39. The second kappa shape index (κ2) is 6.62. The zero-order valence-electron chi connectivity index (χ0n) is 13.6. The van der Waals surface area contributed by atoms with Crippen LogP contribution in [0.15, 0.2) is 17.7 Å². The van der Waals surface area contributed by atoms with E-state index in [1.807, 2.05) is 0 Å². The summed E-state index contributed by atoms with van der Waals surface area (Å²) < 4.78 is 0.618. The maximum absolute atomic E-state index is 2.50. The monoisotopic (exact) mass is 303 g/mol. The topological polar surface area (TPSA) is 0 Å². The van der Waals surface area contributed by atoms with E-state index in [0.717, 1.165) is 0 Å². The average molecular weight is 303 g/mol. The average Bonchev–Trinajstić information content (AvgIpc) is 2.72. The standard InChI is InChI=1S/C19H27.Ti/c1-6-7-8-15-9-17-11-16(13(2)3)12-18(14(4)5)19(17)10-15;/h9-14H,6-8H2,1-5H3;. The van der Waals surface area contributed by atoms with Gasteiger partial charge in [0, 0.05) is 0 Å². The zero-order valence-corrected chi connectivity index (χ0v) is 15.1. The van der Waals surface area contributed by atoms with Crippen LogP contribution in [0.1, 0.15) is 92.2 Å². The van der Waals surface area contributed by atoms with Crippen molar-refractivity contribution in [3.05, 3.63) is 40.0 Å². The van der Waals surface area contributed by atoms with Crippen LogP contribution in [-0.2, 0) is 20.4 Å². The van der Waals surface area contributed by atoms with E-state index in [-0.39, 0.29) is 0 Å².